The molecule has 0 aliphatic carbocycles. The van der Waals surface area contributed by atoms with E-state index in [4.69, 9.17) is 5.73 Å². The highest BCUT2D eigenvalue weighted by atomic mass is 16.5. The molecule has 0 spiro atoms. The summed E-state index contributed by atoms with van der Waals surface area (Å²) in [6, 6.07) is 6.87. The van der Waals surface area contributed by atoms with Crippen molar-refractivity contribution in [3.63, 3.8) is 0 Å². The minimum atomic E-state index is -0.545. The number of rotatable bonds is 2. The third-order valence-corrected chi connectivity index (χ3v) is 2.74. The van der Waals surface area contributed by atoms with Crippen LogP contribution in [0.2, 0.25) is 0 Å². The van der Waals surface area contributed by atoms with E-state index < -0.39 is 6.09 Å². The van der Waals surface area contributed by atoms with E-state index in [1.54, 1.807) is 29.2 Å². The Morgan fingerprint density at radius 3 is 2.94 bits per heavy atom. The monoisotopic (exact) mass is 249 g/mol. The summed E-state index contributed by atoms with van der Waals surface area (Å²) in [6.07, 6.45) is -0.189. The molecule has 2 rings (SSSR count). The highest BCUT2D eigenvalue weighted by Gasteiger charge is 2.28. The summed E-state index contributed by atoms with van der Waals surface area (Å²) in [5.41, 5.74) is 7.04. The predicted molar refractivity (Wildman–Crippen MR) is 67.4 cm³/mol. The smallest absolute Gasteiger partial charge is 0.411 e. The van der Waals surface area contributed by atoms with Gasteiger partial charge in [-0.15, -0.1) is 0 Å². The Morgan fingerprint density at radius 2 is 2.33 bits per heavy atom. The molecule has 1 fully saturated rings. The molecule has 0 radical (unpaired) electrons. The third kappa shape index (κ3) is 2.60. The molecule has 1 unspecified atom stereocenters. The van der Waals surface area contributed by atoms with Crippen molar-refractivity contribution in [2.45, 2.75) is 12.5 Å². The van der Waals surface area contributed by atoms with Crippen LogP contribution in [0.4, 0.5) is 16.2 Å². The summed E-state index contributed by atoms with van der Waals surface area (Å²) in [5, 5.41) is 2.55. The molecule has 6 heteroatoms. The lowest BCUT2D eigenvalue weighted by Crippen LogP contribution is -2.28. The first kappa shape index (κ1) is 12.4. The Balaban J connectivity index is 2.17. The van der Waals surface area contributed by atoms with Crippen LogP contribution in [0.3, 0.4) is 0 Å². The molecule has 1 saturated heterocycles. The van der Waals surface area contributed by atoms with Crippen molar-refractivity contribution in [3.05, 3.63) is 24.3 Å². The van der Waals surface area contributed by atoms with Crippen LogP contribution in [-0.2, 0) is 9.53 Å². The van der Waals surface area contributed by atoms with Crippen molar-refractivity contribution < 1.29 is 14.3 Å². The Hall–Kier alpha value is -2.08. The molecule has 1 aliphatic rings. The molecule has 2 amide bonds. The van der Waals surface area contributed by atoms with Gasteiger partial charge in [0.15, 0.2) is 0 Å². The van der Waals surface area contributed by atoms with Gasteiger partial charge in [0.05, 0.1) is 7.11 Å². The van der Waals surface area contributed by atoms with Crippen LogP contribution in [0.15, 0.2) is 24.3 Å². The second-order valence-corrected chi connectivity index (χ2v) is 4.14. The molecule has 1 aliphatic heterocycles. The van der Waals surface area contributed by atoms with Gasteiger partial charge in [-0.05, 0) is 18.2 Å². The van der Waals surface area contributed by atoms with Gasteiger partial charge in [-0.2, -0.15) is 0 Å². The number of carbonyl (C=O) groups is 2. The zero-order valence-corrected chi connectivity index (χ0v) is 10.1. The van der Waals surface area contributed by atoms with Crippen LogP contribution >= 0.6 is 0 Å². The van der Waals surface area contributed by atoms with Crippen molar-refractivity contribution >= 4 is 23.4 Å². The van der Waals surface area contributed by atoms with E-state index in [-0.39, 0.29) is 11.9 Å². The van der Waals surface area contributed by atoms with E-state index >= 15 is 0 Å². The maximum atomic E-state index is 11.7. The first-order valence-corrected chi connectivity index (χ1v) is 5.61. The van der Waals surface area contributed by atoms with E-state index in [0.29, 0.717) is 18.7 Å². The molecular weight excluding hydrogens is 234 g/mol. The molecule has 96 valence electrons. The number of ether oxygens (including phenoxy) is 1. The Bertz CT molecular complexity index is 475. The van der Waals surface area contributed by atoms with Crippen molar-refractivity contribution in [1.29, 1.82) is 0 Å². The second-order valence-electron chi connectivity index (χ2n) is 4.14. The molecule has 6 nitrogen and oxygen atoms in total. The number of anilines is 2. The van der Waals surface area contributed by atoms with Crippen LogP contribution in [-0.4, -0.2) is 31.7 Å². The zero-order chi connectivity index (χ0) is 13.1. The molecule has 1 atom stereocenters. The average molecular weight is 249 g/mol. The van der Waals surface area contributed by atoms with E-state index in [1.165, 1.54) is 7.11 Å². The molecule has 1 heterocycles. The first-order valence-electron chi connectivity index (χ1n) is 5.61. The minimum absolute atomic E-state index is 0.00211. The van der Waals surface area contributed by atoms with Gasteiger partial charge in [0.1, 0.15) is 0 Å². The first-order chi connectivity index (χ1) is 8.60. The summed E-state index contributed by atoms with van der Waals surface area (Å²) in [7, 11) is 1.29. The number of nitrogens with one attached hydrogen (secondary N) is 1. The fourth-order valence-electron chi connectivity index (χ4n) is 1.91. The number of amides is 2. The van der Waals surface area contributed by atoms with Gasteiger partial charge in [0, 0.05) is 30.4 Å². The number of methoxy groups -OCH3 is 1. The zero-order valence-electron chi connectivity index (χ0n) is 10.1. The van der Waals surface area contributed by atoms with Gasteiger partial charge in [-0.1, -0.05) is 6.07 Å². The Morgan fingerprint density at radius 1 is 1.56 bits per heavy atom. The summed E-state index contributed by atoms with van der Waals surface area (Å²) < 4.78 is 4.51. The lowest BCUT2D eigenvalue weighted by atomic mass is 10.2. The molecule has 0 aromatic heterocycles. The van der Waals surface area contributed by atoms with Gasteiger partial charge in [0.2, 0.25) is 5.91 Å². The number of carbonyl (C=O) groups excluding carboxylic acids is 2. The lowest BCUT2D eigenvalue weighted by Gasteiger charge is -2.17. The van der Waals surface area contributed by atoms with Crippen LogP contribution in [0, 0.1) is 0 Å². The average Bonchev–Trinajstić information content (AvgIpc) is 2.68. The molecule has 1 aromatic carbocycles. The molecule has 18 heavy (non-hydrogen) atoms. The van der Waals surface area contributed by atoms with Crippen molar-refractivity contribution in [2.24, 2.45) is 5.73 Å². The Kier molecular flexibility index (Phi) is 3.47. The molecule has 0 saturated carbocycles. The largest absolute Gasteiger partial charge is 0.453 e. The van der Waals surface area contributed by atoms with Gasteiger partial charge in [-0.25, -0.2) is 4.79 Å². The lowest BCUT2D eigenvalue weighted by molar-refractivity contribution is -0.117. The predicted octanol–water partition coefficient (Wildman–Crippen LogP) is 0.929. The van der Waals surface area contributed by atoms with E-state index in [0.717, 1.165) is 5.69 Å². The standard InChI is InChI=1S/C12H15N3O3/c1-18-12(17)14-9-3-2-4-10(6-9)15-7-8(13)5-11(15)16/h2-4,6,8H,5,7,13H2,1H3,(H,14,17). The van der Waals surface area contributed by atoms with Gasteiger partial charge in [-0.3, -0.25) is 10.1 Å². The third-order valence-electron chi connectivity index (χ3n) is 2.74. The van der Waals surface area contributed by atoms with Crippen LogP contribution in [0.5, 0.6) is 0 Å². The van der Waals surface area contributed by atoms with Crippen LogP contribution in [0.1, 0.15) is 6.42 Å². The van der Waals surface area contributed by atoms with E-state index in [9.17, 15) is 9.59 Å². The molecule has 1 aromatic rings. The SMILES string of the molecule is COC(=O)Nc1cccc(N2CC(N)CC2=O)c1. The van der Waals surface area contributed by atoms with Gasteiger partial charge < -0.3 is 15.4 Å². The maximum absolute atomic E-state index is 11.7. The minimum Gasteiger partial charge on any atom is -0.453 e. The van der Waals surface area contributed by atoms with Crippen molar-refractivity contribution in [3.8, 4) is 0 Å². The van der Waals surface area contributed by atoms with Crippen LogP contribution in [0.25, 0.3) is 0 Å². The fraction of sp³-hybridized carbons (Fsp3) is 0.333. The summed E-state index contributed by atoms with van der Waals surface area (Å²) in [6.45, 7) is 0.501. The topological polar surface area (TPSA) is 84.7 Å². The summed E-state index contributed by atoms with van der Waals surface area (Å²) in [4.78, 5) is 24.4. The number of hydrogen-bond acceptors (Lipinski definition) is 4. The quantitative estimate of drug-likeness (QED) is 0.816. The molecular formula is C12H15N3O3. The number of hydrogen-bond donors (Lipinski definition) is 2. The van der Waals surface area contributed by atoms with Crippen molar-refractivity contribution in [1.82, 2.24) is 0 Å². The van der Waals surface area contributed by atoms with Gasteiger partial charge in [0.25, 0.3) is 0 Å². The number of nitrogens with two attached hydrogens (primary N) is 1. The maximum Gasteiger partial charge on any atom is 0.411 e. The van der Waals surface area contributed by atoms with Crippen LogP contribution < -0.4 is 16.0 Å². The normalized spacial score (nSPS) is 18.9. The number of nitrogens with zero attached hydrogens (tertiary/aromatic N) is 1. The highest BCUT2D eigenvalue weighted by molar-refractivity contribution is 5.97. The van der Waals surface area contributed by atoms with Crippen molar-refractivity contribution in [2.75, 3.05) is 23.9 Å². The van der Waals surface area contributed by atoms with Gasteiger partial charge >= 0.3 is 6.09 Å². The number of benzene rings is 1. The van der Waals surface area contributed by atoms with E-state index in [1.807, 2.05) is 0 Å². The fourth-order valence-corrected chi connectivity index (χ4v) is 1.91. The Labute approximate surface area is 105 Å². The molecule has 0 bridgehead atoms. The molecule has 3 N–H and O–H groups in total. The summed E-state index contributed by atoms with van der Waals surface area (Å²) in [5.74, 6) is -0.00211. The summed E-state index contributed by atoms with van der Waals surface area (Å²) >= 11 is 0. The second kappa shape index (κ2) is 5.05. The van der Waals surface area contributed by atoms with E-state index in [2.05, 4.69) is 10.1 Å². The highest BCUT2D eigenvalue weighted by Crippen LogP contribution is 2.23.